The molecule has 1 saturated heterocycles. The van der Waals surface area contributed by atoms with Gasteiger partial charge in [0.05, 0.1) is 36.3 Å². The number of rotatable bonds is 14. The van der Waals surface area contributed by atoms with E-state index >= 15 is 0 Å². The van der Waals surface area contributed by atoms with Crippen molar-refractivity contribution in [2.75, 3.05) is 11.4 Å². The van der Waals surface area contributed by atoms with Crippen molar-refractivity contribution in [3.8, 4) is 5.75 Å². The van der Waals surface area contributed by atoms with E-state index in [1.165, 1.54) is 24.4 Å². The molecule has 2 amide bonds. The Balaban J connectivity index is 1.23. The number of ether oxygens (including phenoxy) is 1. The molecule has 4 aromatic carbocycles. The molecule has 59 heavy (non-hydrogen) atoms. The molecule has 5 aromatic rings. The predicted octanol–water partition coefficient (Wildman–Crippen LogP) is 7.66. The van der Waals surface area contributed by atoms with Crippen molar-refractivity contribution < 1.29 is 49.5 Å². The van der Waals surface area contributed by atoms with E-state index in [0.29, 0.717) is 4.31 Å². The number of sulfonamides is 1. The molecule has 2 fully saturated rings. The monoisotopic (exact) mass is 835 g/mol. The normalized spacial score (nSPS) is 16.0. The average Bonchev–Trinajstić information content (AvgIpc) is 3.24. The van der Waals surface area contributed by atoms with Crippen LogP contribution in [0.4, 0.5) is 27.6 Å². The molecule has 1 aliphatic heterocycles. The second-order valence-corrected chi connectivity index (χ2v) is 16.0. The lowest BCUT2D eigenvalue weighted by Gasteiger charge is -2.41. The molecule has 1 aromatic heterocycles. The van der Waals surface area contributed by atoms with Gasteiger partial charge in [-0.15, -0.1) is 0 Å². The van der Waals surface area contributed by atoms with E-state index in [1.807, 2.05) is 36.4 Å². The van der Waals surface area contributed by atoms with Crippen LogP contribution < -0.4 is 15.1 Å². The third-order valence-corrected chi connectivity index (χ3v) is 12.3. The van der Waals surface area contributed by atoms with Crippen LogP contribution >= 0.6 is 0 Å². The lowest BCUT2D eigenvalue weighted by molar-refractivity contribution is -0.125. The number of aromatic nitrogens is 2. The molecule has 1 atom stereocenters. The number of carbonyl (C=O) groups excluding carboxylic acids is 2. The number of benzene rings is 4. The summed E-state index contributed by atoms with van der Waals surface area (Å²) >= 11 is 0. The summed E-state index contributed by atoms with van der Waals surface area (Å²) in [5.74, 6) is -13.9. The molecule has 17 heteroatoms. The summed E-state index contributed by atoms with van der Waals surface area (Å²) in [5.41, 5.74) is 5.11. The van der Waals surface area contributed by atoms with Gasteiger partial charge in [-0.3, -0.25) is 24.4 Å². The first kappa shape index (κ1) is 41.4. The highest BCUT2D eigenvalue weighted by molar-refractivity contribution is 7.89. The highest BCUT2D eigenvalue weighted by atomic mass is 32.2. The standard InChI is InChI=1S/C42H38F5N5O6S/c43-35-36(44)38(46)40(39(47)37(35)45)59(55,56)52-19-18-33(52)42(54)51(23-29-21-49-32(22-48-29)28-14-8-3-9-15-28)30-16-17-31(34(20-30)57-24-26-10-4-1-5-11-26)41(53)50-58-25-27-12-6-2-7-13-27/h1-2,4-7,10-13,16-17,20-22,28,33H,3,8-9,14-15,18-19,23-25H2,(H,50,53)/t33-/m1/s1. The van der Waals surface area contributed by atoms with Gasteiger partial charge in [0.25, 0.3) is 5.91 Å². The second-order valence-electron chi connectivity index (χ2n) is 14.2. The van der Waals surface area contributed by atoms with Crippen LogP contribution in [0.15, 0.2) is 96.2 Å². The average molecular weight is 836 g/mol. The number of anilines is 1. The van der Waals surface area contributed by atoms with Gasteiger partial charge in [-0.25, -0.2) is 35.8 Å². The fraction of sp³-hybridized carbons (Fsp3) is 0.286. The van der Waals surface area contributed by atoms with Crippen molar-refractivity contribution in [2.45, 2.75) is 75.1 Å². The van der Waals surface area contributed by atoms with E-state index in [1.54, 1.807) is 30.5 Å². The first-order valence-corrected chi connectivity index (χ1v) is 20.3. The third kappa shape index (κ3) is 8.96. The van der Waals surface area contributed by atoms with Crippen molar-refractivity contribution in [1.29, 1.82) is 0 Å². The van der Waals surface area contributed by atoms with Crippen molar-refractivity contribution in [2.24, 2.45) is 0 Å². The van der Waals surface area contributed by atoms with E-state index in [4.69, 9.17) is 9.57 Å². The Morgan fingerprint density at radius 1 is 0.763 bits per heavy atom. The quantitative estimate of drug-likeness (QED) is 0.0523. The zero-order valence-corrected chi connectivity index (χ0v) is 32.2. The van der Waals surface area contributed by atoms with Crippen LogP contribution in [0.2, 0.25) is 0 Å². The second kappa shape index (κ2) is 18.0. The molecule has 1 saturated carbocycles. The van der Waals surface area contributed by atoms with E-state index in [0.717, 1.165) is 53.8 Å². The van der Waals surface area contributed by atoms with E-state index in [9.17, 15) is 40.0 Å². The van der Waals surface area contributed by atoms with Crippen LogP contribution in [-0.4, -0.2) is 47.1 Å². The topological polar surface area (TPSA) is 131 Å². The smallest absolute Gasteiger partial charge is 0.278 e. The number of hydroxylamine groups is 1. The van der Waals surface area contributed by atoms with Crippen molar-refractivity contribution in [3.63, 3.8) is 0 Å². The zero-order valence-electron chi connectivity index (χ0n) is 31.4. The molecule has 11 nitrogen and oxygen atoms in total. The zero-order chi connectivity index (χ0) is 41.7. The molecule has 0 unspecified atom stereocenters. The fourth-order valence-corrected chi connectivity index (χ4v) is 8.80. The number of amides is 2. The molecule has 308 valence electrons. The minimum atomic E-state index is -5.45. The van der Waals surface area contributed by atoms with Crippen LogP contribution in [0.25, 0.3) is 0 Å². The summed E-state index contributed by atoms with van der Waals surface area (Å²) in [7, 11) is -5.45. The van der Waals surface area contributed by atoms with E-state index in [-0.39, 0.29) is 54.8 Å². The van der Waals surface area contributed by atoms with Gasteiger partial charge in [-0.2, -0.15) is 4.31 Å². The van der Waals surface area contributed by atoms with Crippen molar-refractivity contribution in [3.05, 3.63) is 148 Å². The van der Waals surface area contributed by atoms with Gasteiger partial charge >= 0.3 is 0 Å². The van der Waals surface area contributed by atoms with Gasteiger partial charge in [0.15, 0.2) is 28.2 Å². The maximum absolute atomic E-state index is 14.8. The molecule has 0 radical (unpaired) electrons. The molecule has 2 aliphatic rings. The number of hydrogen-bond donors (Lipinski definition) is 1. The maximum atomic E-state index is 14.8. The maximum Gasteiger partial charge on any atom is 0.278 e. The molecular weight excluding hydrogens is 798 g/mol. The first-order chi connectivity index (χ1) is 28.4. The van der Waals surface area contributed by atoms with Gasteiger partial charge in [0, 0.05) is 30.4 Å². The molecule has 1 N–H and O–H groups in total. The summed E-state index contributed by atoms with van der Waals surface area (Å²) in [6.45, 7) is -0.712. The Labute approximate surface area is 336 Å². The molecule has 2 heterocycles. The number of halogens is 5. The Morgan fingerprint density at radius 2 is 1.39 bits per heavy atom. The lowest BCUT2D eigenvalue weighted by atomic mass is 9.87. The molecule has 1 aliphatic carbocycles. The highest BCUT2D eigenvalue weighted by Gasteiger charge is 2.48. The van der Waals surface area contributed by atoms with Crippen LogP contribution in [0.3, 0.4) is 0 Å². The van der Waals surface area contributed by atoms with Gasteiger partial charge < -0.3 is 9.64 Å². The Hall–Kier alpha value is -5.78. The number of nitrogens with one attached hydrogen (secondary N) is 1. The van der Waals surface area contributed by atoms with Gasteiger partial charge in [-0.1, -0.05) is 79.9 Å². The van der Waals surface area contributed by atoms with Crippen LogP contribution in [0.5, 0.6) is 5.75 Å². The van der Waals surface area contributed by atoms with E-state index in [2.05, 4.69) is 15.4 Å². The van der Waals surface area contributed by atoms with Crippen LogP contribution in [-0.2, 0) is 39.4 Å². The highest BCUT2D eigenvalue weighted by Crippen LogP contribution is 2.36. The molecular formula is C42H38F5N5O6S. The first-order valence-electron chi connectivity index (χ1n) is 18.9. The molecule has 7 rings (SSSR count). The minimum absolute atomic E-state index is 0.00295. The molecule has 0 bridgehead atoms. The largest absolute Gasteiger partial charge is 0.488 e. The molecule has 0 spiro atoms. The lowest BCUT2D eigenvalue weighted by Crippen LogP contribution is -2.59. The number of carbonyl (C=O) groups is 2. The number of nitrogens with zero attached hydrogens (tertiary/aromatic N) is 4. The summed E-state index contributed by atoms with van der Waals surface area (Å²) < 4.78 is 106. The van der Waals surface area contributed by atoms with Crippen LogP contribution in [0, 0.1) is 29.1 Å². The Kier molecular flexibility index (Phi) is 12.6. The summed E-state index contributed by atoms with van der Waals surface area (Å²) in [6, 6.07) is 20.6. The van der Waals surface area contributed by atoms with E-state index < -0.39 is 68.4 Å². The predicted molar refractivity (Wildman–Crippen MR) is 203 cm³/mol. The fourth-order valence-electron chi connectivity index (χ4n) is 7.06. The Morgan fingerprint density at radius 3 is 1.98 bits per heavy atom. The minimum Gasteiger partial charge on any atom is -0.488 e. The summed E-state index contributed by atoms with van der Waals surface area (Å²) in [6.07, 6.45) is 8.12. The third-order valence-electron chi connectivity index (χ3n) is 10.3. The van der Waals surface area contributed by atoms with Crippen molar-refractivity contribution >= 4 is 27.5 Å². The summed E-state index contributed by atoms with van der Waals surface area (Å²) in [5, 5.41) is 0. The SMILES string of the molecule is O=C(NOCc1ccccc1)c1ccc(N(Cc2cnc(C3CCCCC3)cn2)C(=O)[C@H]2CCN2S(=O)(=O)c2c(F)c(F)c(F)c(F)c2F)cc1OCc1ccccc1. The van der Waals surface area contributed by atoms with Crippen LogP contribution in [0.1, 0.15) is 77.3 Å². The van der Waals surface area contributed by atoms with Gasteiger partial charge in [-0.05, 0) is 42.5 Å². The number of hydrogen-bond acceptors (Lipinski definition) is 8. The summed E-state index contributed by atoms with van der Waals surface area (Å²) in [4.78, 5) is 41.7. The van der Waals surface area contributed by atoms with Gasteiger partial charge in [0.2, 0.25) is 21.7 Å². The Bertz CT molecular complexity index is 2400. The van der Waals surface area contributed by atoms with Gasteiger partial charge in [0.1, 0.15) is 18.4 Å². The van der Waals surface area contributed by atoms with Crippen molar-refractivity contribution in [1.82, 2.24) is 19.8 Å².